The highest BCUT2D eigenvalue weighted by Crippen LogP contribution is 2.29. The maximum absolute atomic E-state index is 10.8. The van der Waals surface area contributed by atoms with Crippen molar-refractivity contribution in [3.05, 3.63) is 35.4 Å². The van der Waals surface area contributed by atoms with Crippen LogP contribution in [0.5, 0.6) is 0 Å². The summed E-state index contributed by atoms with van der Waals surface area (Å²) >= 11 is 0. The summed E-state index contributed by atoms with van der Waals surface area (Å²) in [6.07, 6.45) is 5.46. The normalized spacial score (nSPS) is 22.9. The maximum atomic E-state index is 10.8. The predicted octanol–water partition coefficient (Wildman–Crippen LogP) is 3.64. The van der Waals surface area contributed by atoms with Crippen LogP contribution in [0.3, 0.4) is 0 Å². The lowest BCUT2D eigenvalue weighted by molar-refractivity contribution is 0.0697. The Kier molecular flexibility index (Phi) is 5.18. The van der Waals surface area contributed by atoms with E-state index in [-0.39, 0.29) is 0 Å². The average molecular weight is 275 g/mol. The van der Waals surface area contributed by atoms with E-state index in [2.05, 4.69) is 18.9 Å². The summed E-state index contributed by atoms with van der Waals surface area (Å²) in [5, 5.41) is 8.89. The van der Waals surface area contributed by atoms with Crippen LogP contribution in [0.25, 0.3) is 0 Å². The second-order valence-corrected chi connectivity index (χ2v) is 6.34. The molecule has 2 unspecified atom stereocenters. The minimum atomic E-state index is -0.860. The van der Waals surface area contributed by atoms with Crippen LogP contribution >= 0.6 is 0 Å². The molecular formula is C17H25NO2. The molecule has 0 aliphatic heterocycles. The Balaban J connectivity index is 1.84. The molecule has 20 heavy (non-hydrogen) atoms. The molecular weight excluding hydrogens is 250 g/mol. The first kappa shape index (κ1) is 15.0. The highest BCUT2D eigenvalue weighted by molar-refractivity contribution is 5.87. The Morgan fingerprint density at radius 2 is 2.00 bits per heavy atom. The fraction of sp³-hybridized carbons (Fsp3) is 0.588. The number of carboxylic acid groups (broad SMARTS) is 1. The van der Waals surface area contributed by atoms with Crippen LogP contribution in [0, 0.1) is 11.8 Å². The first-order valence-electron chi connectivity index (χ1n) is 7.55. The Morgan fingerprint density at radius 1 is 1.30 bits per heavy atom. The van der Waals surface area contributed by atoms with Crippen LogP contribution in [0.4, 0.5) is 0 Å². The number of hydrogen-bond donors (Lipinski definition) is 1. The van der Waals surface area contributed by atoms with Gasteiger partial charge in [-0.2, -0.15) is 0 Å². The molecule has 1 aromatic rings. The van der Waals surface area contributed by atoms with Crippen LogP contribution in [-0.4, -0.2) is 29.6 Å². The first-order chi connectivity index (χ1) is 9.54. The van der Waals surface area contributed by atoms with Crippen molar-refractivity contribution in [2.75, 3.05) is 13.6 Å². The zero-order chi connectivity index (χ0) is 14.5. The molecule has 110 valence electrons. The number of nitrogens with zero attached hydrogens (tertiary/aromatic N) is 1. The fourth-order valence-electron chi connectivity index (χ4n) is 3.30. The van der Waals surface area contributed by atoms with Crippen molar-refractivity contribution in [1.82, 2.24) is 4.90 Å². The van der Waals surface area contributed by atoms with E-state index in [0.717, 1.165) is 24.9 Å². The lowest BCUT2D eigenvalue weighted by Crippen LogP contribution is -2.28. The van der Waals surface area contributed by atoms with Crippen molar-refractivity contribution in [2.24, 2.45) is 11.8 Å². The number of carbonyl (C=O) groups is 1. The van der Waals surface area contributed by atoms with Gasteiger partial charge in [-0.1, -0.05) is 31.9 Å². The van der Waals surface area contributed by atoms with Gasteiger partial charge in [0.05, 0.1) is 5.56 Å². The Hall–Kier alpha value is -1.35. The molecule has 0 heterocycles. The smallest absolute Gasteiger partial charge is 0.335 e. The first-order valence-corrected chi connectivity index (χ1v) is 7.55. The molecule has 1 aliphatic rings. The van der Waals surface area contributed by atoms with Crippen LogP contribution in [0.1, 0.15) is 48.5 Å². The molecule has 1 saturated carbocycles. The average Bonchev–Trinajstić information content (AvgIpc) is 2.39. The van der Waals surface area contributed by atoms with Gasteiger partial charge in [0.1, 0.15) is 0 Å². The molecule has 0 spiro atoms. The fourth-order valence-corrected chi connectivity index (χ4v) is 3.30. The van der Waals surface area contributed by atoms with Crippen LogP contribution in [0.15, 0.2) is 24.3 Å². The summed E-state index contributed by atoms with van der Waals surface area (Å²) in [5.74, 6) is 0.833. The highest BCUT2D eigenvalue weighted by atomic mass is 16.4. The lowest BCUT2D eigenvalue weighted by atomic mass is 9.82. The van der Waals surface area contributed by atoms with Gasteiger partial charge in [-0.3, -0.25) is 0 Å². The van der Waals surface area contributed by atoms with Gasteiger partial charge in [0.15, 0.2) is 0 Å². The highest BCUT2D eigenvalue weighted by Gasteiger charge is 2.20. The molecule has 2 rings (SSSR count). The quantitative estimate of drug-likeness (QED) is 0.892. The molecule has 1 aromatic carbocycles. The van der Waals surface area contributed by atoms with Gasteiger partial charge >= 0.3 is 5.97 Å². The molecule has 0 bridgehead atoms. The van der Waals surface area contributed by atoms with E-state index in [4.69, 9.17) is 5.11 Å². The van der Waals surface area contributed by atoms with Gasteiger partial charge in [0.2, 0.25) is 0 Å². The standard InChI is InChI=1S/C17H25NO2/c1-13-4-3-5-15(10-13)12-18(2)11-14-6-8-16(9-7-14)17(19)20/h6-9,13,15H,3-5,10-12H2,1-2H3,(H,19,20). The molecule has 0 aromatic heterocycles. The maximum Gasteiger partial charge on any atom is 0.335 e. The summed E-state index contributed by atoms with van der Waals surface area (Å²) in [6.45, 7) is 4.40. The molecule has 0 radical (unpaired) electrons. The number of rotatable bonds is 5. The predicted molar refractivity (Wildman–Crippen MR) is 80.9 cm³/mol. The van der Waals surface area contributed by atoms with Gasteiger partial charge in [-0.05, 0) is 49.4 Å². The third kappa shape index (κ3) is 4.34. The van der Waals surface area contributed by atoms with E-state index < -0.39 is 5.97 Å². The van der Waals surface area contributed by atoms with E-state index in [1.54, 1.807) is 12.1 Å². The van der Waals surface area contributed by atoms with Crippen LogP contribution < -0.4 is 0 Å². The van der Waals surface area contributed by atoms with Crippen molar-refractivity contribution in [3.63, 3.8) is 0 Å². The van der Waals surface area contributed by atoms with E-state index in [0.29, 0.717) is 5.56 Å². The second-order valence-electron chi connectivity index (χ2n) is 6.34. The molecule has 0 amide bonds. The number of benzene rings is 1. The SMILES string of the molecule is CC1CCCC(CN(C)Cc2ccc(C(=O)O)cc2)C1. The minimum Gasteiger partial charge on any atom is -0.478 e. The van der Waals surface area contributed by atoms with E-state index in [1.807, 2.05) is 12.1 Å². The van der Waals surface area contributed by atoms with Crippen LogP contribution in [-0.2, 0) is 6.54 Å². The summed E-state index contributed by atoms with van der Waals surface area (Å²) in [7, 11) is 2.16. The summed E-state index contributed by atoms with van der Waals surface area (Å²) < 4.78 is 0. The van der Waals surface area contributed by atoms with Gasteiger partial charge in [0, 0.05) is 13.1 Å². The number of carboxylic acids is 1. The Bertz CT molecular complexity index is 441. The van der Waals surface area contributed by atoms with Crippen molar-refractivity contribution in [3.8, 4) is 0 Å². The molecule has 1 fully saturated rings. The van der Waals surface area contributed by atoms with Gasteiger partial charge < -0.3 is 10.0 Å². The van der Waals surface area contributed by atoms with E-state index in [1.165, 1.54) is 31.2 Å². The zero-order valence-electron chi connectivity index (χ0n) is 12.5. The number of aromatic carboxylic acids is 1. The van der Waals surface area contributed by atoms with E-state index >= 15 is 0 Å². The zero-order valence-corrected chi connectivity index (χ0v) is 12.5. The van der Waals surface area contributed by atoms with Gasteiger partial charge in [0.25, 0.3) is 0 Å². The summed E-state index contributed by atoms with van der Waals surface area (Å²) in [6, 6.07) is 7.22. The lowest BCUT2D eigenvalue weighted by Gasteiger charge is -2.30. The van der Waals surface area contributed by atoms with Crippen LogP contribution in [0.2, 0.25) is 0 Å². The Morgan fingerprint density at radius 3 is 2.60 bits per heavy atom. The van der Waals surface area contributed by atoms with Crippen molar-refractivity contribution >= 4 is 5.97 Å². The second kappa shape index (κ2) is 6.89. The molecule has 1 aliphatic carbocycles. The third-order valence-corrected chi connectivity index (χ3v) is 4.27. The molecule has 3 heteroatoms. The number of hydrogen-bond acceptors (Lipinski definition) is 2. The van der Waals surface area contributed by atoms with Crippen molar-refractivity contribution < 1.29 is 9.90 Å². The monoisotopic (exact) mass is 275 g/mol. The topological polar surface area (TPSA) is 40.5 Å². The molecule has 2 atom stereocenters. The van der Waals surface area contributed by atoms with Gasteiger partial charge in [-0.15, -0.1) is 0 Å². The van der Waals surface area contributed by atoms with E-state index in [9.17, 15) is 4.79 Å². The minimum absolute atomic E-state index is 0.359. The third-order valence-electron chi connectivity index (χ3n) is 4.27. The molecule has 1 N–H and O–H groups in total. The molecule has 3 nitrogen and oxygen atoms in total. The largest absolute Gasteiger partial charge is 0.478 e. The molecule has 0 saturated heterocycles. The summed E-state index contributed by atoms with van der Waals surface area (Å²) in [5.41, 5.74) is 1.54. The van der Waals surface area contributed by atoms with Crippen molar-refractivity contribution in [1.29, 1.82) is 0 Å². The summed E-state index contributed by atoms with van der Waals surface area (Å²) in [4.78, 5) is 13.2. The van der Waals surface area contributed by atoms with Gasteiger partial charge in [-0.25, -0.2) is 4.79 Å². The van der Waals surface area contributed by atoms with Crippen molar-refractivity contribution in [2.45, 2.75) is 39.2 Å². The Labute approximate surface area is 121 Å².